The summed E-state index contributed by atoms with van der Waals surface area (Å²) in [5, 5.41) is 5.60. The van der Waals surface area contributed by atoms with Crippen LogP contribution in [0.15, 0.2) is 42.5 Å². The van der Waals surface area contributed by atoms with Crippen molar-refractivity contribution >= 4 is 40.8 Å². The number of nitrogens with one attached hydrogen (secondary N) is 2. The van der Waals surface area contributed by atoms with E-state index in [1.165, 1.54) is 11.6 Å². The first-order chi connectivity index (χ1) is 15.1. The Morgan fingerprint density at radius 1 is 0.844 bits per heavy atom. The highest BCUT2D eigenvalue weighted by atomic mass is 35.5. The van der Waals surface area contributed by atoms with Gasteiger partial charge in [-0.3, -0.25) is 10.1 Å². The van der Waals surface area contributed by atoms with Crippen LogP contribution in [0.25, 0.3) is 0 Å². The van der Waals surface area contributed by atoms with Gasteiger partial charge in [0.25, 0.3) is 5.91 Å². The van der Waals surface area contributed by atoms with Crippen LogP contribution in [-0.2, 0) is 0 Å². The third kappa shape index (κ3) is 5.06. The number of hydrogen-bond acceptors (Lipinski definition) is 3. The fourth-order valence-electron chi connectivity index (χ4n) is 3.23. The lowest BCUT2D eigenvalue weighted by molar-refractivity contribution is 0.0967. The van der Waals surface area contributed by atoms with Crippen LogP contribution in [-0.4, -0.2) is 11.9 Å². The molecule has 0 saturated heterocycles. The van der Waals surface area contributed by atoms with Gasteiger partial charge in [-0.25, -0.2) is 4.79 Å². The molecule has 0 aliphatic rings. The van der Waals surface area contributed by atoms with Crippen LogP contribution in [0, 0.1) is 34.6 Å². The van der Waals surface area contributed by atoms with E-state index in [1.54, 1.807) is 31.2 Å². The van der Waals surface area contributed by atoms with Crippen molar-refractivity contribution < 1.29 is 14.3 Å². The Bertz CT molecular complexity index is 1220. The van der Waals surface area contributed by atoms with E-state index in [-0.39, 0.29) is 10.6 Å². The molecular formula is C25H24Cl2N2O3. The second-order valence-electron chi connectivity index (χ2n) is 7.70. The van der Waals surface area contributed by atoms with Crippen molar-refractivity contribution in [1.29, 1.82) is 0 Å². The van der Waals surface area contributed by atoms with Crippen LogP contribution in [0.2, 0.25) is 10.0 Å². The lowest BCUT2D eigenvalue weighted by Gasteiger charge is -2.18. The number of imide groups is 1. The quantitative estimate of drug-likeness (QED) is 0.420. The first-order valence-corrected chi connectivity index (χ1v) is 10.8. The molecule has 3 amide bonds. The minimum Gasteiger partial charge on any atom is -0.455 e. The molecule has 0 spiro atoms. The van der Waals surface area contributed by atoms with Crippen LogP contribution in [0.5, 0.6) is 11.5 Å². The number of urea groups is 1. The maximum atomic E-state index is 12.4. The highest BCUT2D eigenvalue weighted by molar-refractivity contribution is 6.34. The second kappa shape index (κ2) is 9.63. The van der Waals surface area contributed by atoms with Crippen LogP contribution in [0.3, 0.4) is 0 Å². The molecule has 0 bridgehead atoms. The molecule has 0 aliphatic heterocycles. The summed E-state index contributed by atoms with van der Waals surface area (Å²) in [6, 6.07) is 11.6. The number of amides is 3. The summed E-state index contributed by atoms with van der Waals surface area (Å²) < 4.78 is 6.15. The Morgan fingerprint density at radius 3 is 2.19 bits per heavy atom. The van der Waals surface area contributed by atoms with Crippen molar-refractivity contribution in [2.24, 2.45) is 0 Å². The van der Waals surface area contributed by atoms with E-state index in [2.05, 4.69) is 23.6 Å². The molecule has 166 valence electrons. The van der Waals surface area contributed by atoms with Crippen molar-refractivity contribution in [3.8, 4) is 11.5 Å². The van der Waals surface area contributed by atoms with Crippen molar-refractivity contribution in [2.75, 3.05) is 5.32 Å². The summed E-state index contributed by atoms with van der Waals surface area (Å²) in [5.41, 5.74) is 5.35. The molecular weight excluding hydrogens is 447 g/mol. The van der Waals surface area contributed by atoms with Crippen molar-refractivity contribution in [1.82, 2.24) is 5.32 Å². The number of aryl methyl sites for hydroxylation is 4. The van der Waals surface area contributed by atoms with E-state index in [1.807, 2.05) is 26.8 Å². The normalized spacial score (nSPS) is 10.6. The Hall–Kier alpha value is -3.02. The van der Waals surface area contributed by atoms with Crippen molar-refractivity contribution in [3.05, 3.63) is 85.9 Å². The Balaban J connectivity index is 1.81. The van der Waals surface area contributed by atoms with E-state index in [4.69, 9.17) is 27.9 Å². The van der Waals surface area contributed by atoms with Gasteiger partial charge in [0.2, 0.25) is 0 Å². The summed E-state index contributed by atoms with van der Waals surface area (Å²) in [4.78, 5) is 24.7. The SMILES string of the molecule is Cc1cc(C)c(Oc2c(C)cc(NC(=O)NC(=O)c3ccccc3Cl)c(C)c2Cl)cc1C. The topological polar surface area (TPSA) is 67.4 Å². The zero-order valence-electron chi connectivity index (χ0n) is 18.5. The number of benzene rings is 3. The highest BCUT2D eigenvalue weighted by Gasteiger charge is 2.18. The summed E-state index contributed by atoms with van der Waals surface area (Å²) in [7, 11) is 0. The van der Waals surface area contributed by atoms with Crippen LogP contribution >= 0.6 is 23.2 Å². The van der Waals surface area contributed by atoms with Gasteiger partial charge in [-0.15, -0.1) is 0 Å². The number of carbonyl (C=O) groups is 2. The van der Waals surface area contributed by atoms with E-state index < -0.39 is 11.9 Å². The number of halogens is 2. The van der Waals surface area contributed by atoms with Gasteiger partial charge < -0.3 is 10.1 Å². The maximum absolute atomic E-state index is 12.4. The fourth-order valence-corrected chi connectivity index (χ4v) is 3.74. The van der Waals surface area contributed by atoms with Crippen LogP contribution in [0.4, 0.5) is 10.5 Å². The summed E-state index contributed by atoms with van der Waals surface area (Å²) in [5.74, 6) is 0.647. The molecule has 0 aromatic heterocycles. The molecule has 2 N–H and O–H groups in total. The highest BCUT2D eigenvalue weighted by Crippen LogP contribution is 2.40. The van der Waals surface area contributed by atoms with Gasteiger partial charge in [0.05, 0.1) is 15.6 Å². The predicted molar refractivity (Wildman–Crippen MR) is 130 cm³/mol. The largest absolute Gasteiger partial charge is 0.455 e. The van der Waals surface area contributed by atoms with Gasteiger partial charge >= 0.3 is 6.03 Å². The van der Waals surface area contributed by atoms with Crippen LogP contribution < -0.4 is 15.4 Å². The number of rotatable bonds is 4. The zero-order valence-corrected chi connectivity index (χ0v) is 20.0. The van der Waals surface area contributed by atoms with E-state index in [9.17, 15) is 9.59 Å². The minimum absolute atomic E-state index is 0.211. The molecule has 0 atom stereocenters. The number of ether oxygens (including phenoxy) is 1. The van der Waals surface area contributed by atoms with Gasteiger partial charge in [-0.05, 0) is 86.7 Å². The molecule has 32 heavy (non-hydrogen) atoms. The lowest BCUT2D eigenvalue weighted by atomic mass is 10.1. The van der Waals surface area contributed by atoms with Crippen LogP contribution in [0.1, 0.15) is 38.2 Å². The van der Waals surface area contributed by atoms with Gasteiger partial charge in [0.1, 0.15) is 11.5 Å². The Morgan fingerprint density at radius 2 is 1.50 bits per heavy atom. The molecule has 7 heteroatoms. The van der Waals surface area contributed by atoms with Gasteiger partial charge in [-0.1, -0.05) is 41.4 Å². The van der Waals surface area contributed by atoms with Gasteiger partial charge in [0.15, 0.2) is 0 Å². The first-order valence-electron chi connectivity index (χ1n) is 10.0. The first kappa shape index (κ1) is 23.6. The second-order valence-corrected chi connectivity index (χ2v) is 8.49. The monoisotopic (exact) mass is 470 g/mol. The average molecular weight is 471 g/mol. The average Bonchev–Trinajstić information content (AvgIpc) is 2.73. The molecule has 3 aromatic rings. The molecule has 0 saturated carbocycles. The van der Waals surface area contributed by atoms with Gasteiger partial charge in [0, 0.05) is 5.69 Å². The molecule has 0 heterocycles. The molecule has 3 rings (SSSR count). The summed E-state index contributed by atoms with van der Waals surface area (Å²) >= 11 is 12.6. The number of anilines is 1. The Kier molecular flexibility index (Phi) is 7.12. The summed E-state index contributed by atoms with van der Waals surface area (Å²) in [6.45, 7) is 9.67. The van der Waals surface area contributed by atoms with E-state index in [0.29, 0.717) is 22.0 Å². The van der Waals surface area contributed by atoms with Crippen molar-refractivity contribution in [2.45, 2.75) is 34.6 Å². The number of hydrogen-bond donors (Lipinski definition) is 2. The number of carbonyl (C=O) groups excluding carboxylic acids is 2. The predicted octanol–water partition coefficient (Wildman–Crippen LogP) is 7.29. The Labute approximate surface area is 197 Å². The third-order valence-electron chi connectivity index (χ3n) is 5.25. The molecule has 0 unspecified atom stereocenters. The van der Waals surface area contributed by atoms with E-state index in [0.717, 1.165) is 22.4 Å². The smallest absolute Gasteiger partial charge is 0.326 e. The lowest BCUT2D eigenvalue weighted by Crippen LogP contribution is -2.34. The van der Waals surface area contributed by atoms with Crippen molar-refractivity contribution in [3.63, 3.8) is 0 Å². The summed E-state index contributed by atoms with van der Waals surface area (Å²) in [6.07, 6.45) is 0. The van der Waals surface area contributed by atoms with E-state index >= 15 is 0 Å². The van der Waals surface area contributed by atoms with Gasteiger partial charge in [-0.2, -0.15) is 0 Å². The third-order valence-corrected chi connectivity index (χ3v) is 6.03. The zero-order chi connectivity index (χ0) is 23.6. The minimum atomic E-state index is -0.688. The standard InChI is InChI=1S/C25H24Cl2N2O3/c1-13-10-15(3)21(12-14(13)2)32-23-16(4)11-20(17(5)22(23)27)28-25(31)29-24(30)18-8-6-7-9-19(18)26/h6-12H,1-5H3,(H2,28,29,30,31). The molecule has 0 radical (unpaired) electrons. The fraction of sp³-hybridized carbons (Fsp3) is 0.200. The molecule has 3 aromatic carbocycles. The maximum Gasteiger partial charge on any atom is 0.326 e. The molecule has 0 aliphatic carbocycles. The molecule has 0 fully saturated rings. The molecule has 5 nitrogen and oxygen atoms in total.